The highest BCUT2D eigenvalue weighted by molar-refractivity contribution is 14.0. The van der Waals surface area contributed by atoms with Crippen LogP contribution >= 0.6 is 24.0 Å². The van der Waals surface area contributed by atoms with Crippen LogP contribution in [0.1, 0.15) is 32.8 Å². The van der Waals surface area contributed by atoms with Crippen LogP contribution in [0.15, 0.2) is 53.2 Å². The minimum atomic E-state index is 0. The zero-order valence-electron chi connectivity index (χ0n) is 13.0. The van der Waals surface area contributed by atoms with Crippen LogP contribution in [0, 0.1) is 11.8 Å². The second-order valence-electron chi connectivity index (χ2n) is 5.17. The van der Waals surface area contributed by atoms with Crippen molar-refractivity contribution in [2.45, 2.75) is 33.2 Å². The third-order valence-corrected chi connectivity index (χ3v) is 3.88. The van der Waals surface area contributed by atoms with E-state index in [1.54, 1.807) is 0 Å². The lowest BCUT2D eigenvalue weighted by molar-refractivity contribution is 0.444. The number of nitrogens with zero attached hydrogens (tertiary/aromatic N) is 1. The molecule has 0 radical (unpaired) electrons. The Balaban J connectivity index is 0.000000706. The Morgan fingerprint density at radius 2 is 1.76 bits per heavy atom. The molecule has 0 spiro atoms. The molecule has 21 heavy (non-hydrogen) atoms. The maximum absolute atomic E-state index is 6.15. The molecule has 2 nitrogen and oxygen atoms in total. The Morgan fingerprint density at radius 3 is 2.43 bits per heavy atom. The molecule has 114 valence electrons. The first kappa shape index (κ1) is 18.0. The van der Waals surface area contributed by atoms with Gasteiger partial charge in [-0.3, -0.25) is 4.99 Å². The minimum Gasteiger partial charge on any atom is -0.402 e. The van der Waals surface area contributed by atoms with Gasteiger partial charge in [-0.15, -0.1) is 24.0 Å². The lowest BCUT2D eigenvalue weighted by Gasteiger charge is -2.34. The number of nitrogens with two attached hydrogens (primary N) is 1. The van der Waals surface area contributed by atoms with E-state index in [-0.39, 0.29) is 24.0 Å². The van der Waals surface area contributed by atoms with Crippen molar-refractivity contribution in [3.05, 3.63) is 53.7 Å². The zero-order valence-corrected chi connectivity index (χ0v) is 15.3. The van der Waals surface area contributed by atoms with Gasteiger partial charge in [0.1, 0.15) is 0 Å². The fraction of sp³-hybridized carbons (Fsp3) is 0.389. The van der Waals surface area contributed by atoms with E-state index >= 15 is 0 Å². The Bertz CT molecular complexity index is 531. The highest BCUT2D eigenvalue weighted by Gasteiger charge is 2.32. The molecule has 1 aromatic carbocycles. The molecule has 0 saturated heterocycles. The number of hydrogen-bond acceptors (Lipinski definition) is 2. The van der Waals surface area contributed by atoms with E-state index in [0.717, 1.165) is 12.1 Å². The Labute approximate surface area is 145 Å². The first-order valence-electron chi connectivity index (χ1n) is 7.51. The number of fused-ring (bicyclic) bond motifs is 1. The summed E-state index contributed by atoms with van der Waals surface area (Å²) in [6.07, 6.45) is 7.36. The summed E-state index contributed by atoms with van der Waals surface area (Å²) in [6.45, 7) is 6.15. The second-order valence-corrected chi connectivity index (χ2v) is 5.17. The van der Waals surface area contributed by atoms with Gasteiger partial charge in [0.05, 0.1) is 0 Å². The summed E-state index contributed by atoms with van der Waals surface area (Å²) >= 11 is 0. The van der Waals surface area contributed by atoms with E-state index < -0.39 is 0 Å². The van der Waals surface area contributed by atoms with Crippen LogP contribution in [0.3, 0.4) is 0 Å². The van der Waals surface area contributed by atoms with Gasteiger partial charge in [0.15, 0.2) is 0 Å². The maximum atomic E-state index is 6.15. The summed E-state index contributed by atoms with van der Waals surface area (Å²) in [7, 11) is 0. The molecule has 0 aromatic heterocycles. The lowest BCUT2D eigenvalue weighted by Crippen LogP contribution is -2.32. The topological polar surface area (TPSA) is 38.4 Å². The Kier molecular flexibility index (Phi) is 7.15. The van der Waals surface area contributed by atoms with Gasteiger partial charge >= 0.3 is 0 Å². The van der Waals surface area contributed by atoms with Crippen LogP contribution < -0.4 is 5.73 Å². The van der Waals surface area contributed by atoms with Gasteiger partial charge in [-0.1, -0.05) is 50.3 Å². The van der Waals surface area contributed by atoms with Gasteiger partial charge in [0.2, 0.25) is 0 Å². The molecule has 3 heteroatoms. The van der Waals surface area contributed by atoms with Crippen molar-refractivity contribution in [2.75, 3.05) is 0 Å². The molecular weight excluding hydrogens is 371 g/mol. The summed E-state index contributed by atoms with van der Waals surface area (Å²) in [5, 5.41) is 0. The monoisotopic (exact) mass is 396 g/mol. The quantitative estimate of drug-likeness (QED) is 0.689. The molecule has 3 atom stereocenters. The molecule has 0 saturated carbocycles. The van der Waals surface area contributed by atoms with E-state index in [2.05, 4.69) is 54.5 Å². The second kappa shape index (κ2) is 8.37. The molecule has 1 aromatic rings. The highest BCUT2D eigenvalue weighted by Crippen LogP contribution is 2.39. The van der Waals surface area contributed by atoms with E-state index in [1.807, 2.05) is 19.9 Å². The van der Waals surface area contributed by atoms with Gasteiger partial charge < -0.3 is 5.73 Å². The van der Waals surface area contributed by atoms with Gasteiger partial charge in [0, 0.05) is 29.8 Å². The normalized spacial score (nSPS) is 26.3. The molecule has 3 unspecified atom stereocenters. The molecule has 0 fully saturated rings. The summed E-state index contributed by atoms with van der Waals surface area (Å²) in [5.41, 5.74) is 9.76. The summed E-state index contributed by atoms with van der Waals surface area (Å²) in [6, 6.07) is 10.9. The SMILES string of the molecule is CC.CC1CC2C(N)=CC=C(c3ccccc3)C2C=N1.I. The van der Waals surface area contributed by atoms with Crippen LogP contribution in [0.25, 0.3) is 5.57 Å². The average Bonchev–Trinajstić information content (AvgIpc) is 2.51. The minimum absolute atomic E-state index is 0. The molecule has 1 aliphatic heterocycles. The van der Waals surface area contributed by atoms with Crippen molar-refractivity contribution >= 4 is 35.8 Å². The molecule has 2 N–H and O–H groups in total. The number of benzene rings is 1. The van der Waals surface area contributed by atoms with Crippen LogP contribution in [0.2, 0.25) is 0 Å². The number of allylic oxidation sites excluding steroid dienone is 4. The van der Waals surface area contributed by atoms with Crippen LogP contribution in [-0.4, -0.2) is 12.3 Å². The highest BCUT2D eigenvalue weighted by atomic mass is 127. The fourth-order valence-corrected chi connectivity index (χ4v) is 2.90. The van der Waals surface area contributed by atoms with Crippen LogP contribution in [-0.2, 0) is 0 Å². The molecular formula is C18H25IN2. The van der Waals surface area contributed by atoms with Crippen molar-refractivity contribution in [3.8, 4) is 0 Å². The molecule has 0 bridgehead atoms. The predicted octanol–water partition coefficient (Wildman–Crippen LogP) is 4.67. The van der Waals surface area contributed by atoms with E-state index in [4.69, 9.17) is 5.73 Å². The number of hydrogen-bond donors (Lipinski definition) is 1. The summed E-state index contributed by atoms with van der Waals surface area (Å²) < 4.78 is 0. The van der Waals surface area contributed by atoms with Crippen molar-refractivity contribution in [2.24, 2.45) is 22.6 Å². The van der Waals surface area contributed by atoms with Crippen molar-refractivity contribution < 1.29 is 0 Å². The predicted molar refractivity (Wildman–Crippen MR) is 103 cm³/mol. The number of aliphatic imine (C=N–C) groups is 1. The summed E-state index contributed by atoms with van der Waals surface area (Å²) in [5.74, 6) is 0.756. The number of halogens is 1. The first-order chi connectivity index (χ1) is 9.75. The van der Waals surface area contributed by atoms with Gasteiger partial charge in [-0.05, 0) is 30.6 Å². The fourth-order valence-electron chi connectivity index (χ4n) is 2.90. The Hall–Kier alpha value is -1.10. The first-order valence-corrected chi connectivity index (χ1v) is 7.51. The lowest BCUT2D eigenvalue weighted by atomic mass is 9.74. The van der Waals surface area contributed by atoms with Crippen molar-refractivity contribution in [1.29, 1.82) is 0 Å². The largest absolute Gasteiger partial charge is 0.402 e. The van der Waals surface area contributed by atoms with Gasteiger partial charge in [0.25, 0.3) is 0 Å². The third kappa shape index (κ3) is 3.96. The van der Waals surface area contributed by atoms with Crippen LogP contribution in [0.4, 0.5) is 0 Å². The van der Waals surface area contributed by atoms with Gasteiger partial charge in [-0.2, -0.15) is 0 Å². The average molecular weight is 396 g/mol. The zero-order chi connectivity index (χ0) is 14.5. The molecule has 0 amide bonds. The van der Waals surface area contributed by atoms with Gasteiger partial charge in [-0.25, -0.2) is 0 Å². The van der Waals surface area contributed by atoms with E-state index in [9.17, 15) is 0 Å². The standard InChI is InChI=1S/C16H18N2.C2H6.HI/c1-11-9-14-15(10-18-11)13(7-8-16(14)17)12-5-3-2-4-6-12;1-2;/h2-8,10-11,14-15H,9,17H2,1H3;1-2H3;1H. The van der Waals surface area contributed by atoms with Crippen molar-refractivity contribution in [3.63, 3.8) is 0 Å². The molecule has 2 aliphatic rings. The van der Waals surface area contributed by atoms with E-state index in [0.29, 0.717) is 17.9 Å². The Morgan fingerprint density at radius 1 is 1.10 bits per heavy atom. The maximum Gasteiger partial charge on any atom is 0.0474 e. The van der Waals surface area contributed by atoms with E-state index in [1.165, 1.54) is 11.1 Å². The van der Waals surface area contributed by atoms with Crippen molar-refractivity contribution in [1.82, 2.24) is 0 Å². The smallest absolute Gasteiger partial charge is 0.0474 e. The van der Waals surface area contributed by atoms with Crippen LogP contribution in [0.5, 0.6) is 0 Å². The summed E-state index contributed by atoms with van der Waals surface area (Å²) in [4.78, 5) is 4.58. The third-order valence-electron chi connectivity index (χ3n) is 3.88. The molecule has 1 aliphatic carbocycles. The molecule has 1 heterocycles. The number of rotatable bonds is 1. The molecule has 3 rings (SSSR count).